The zero-order valence-corrected chi connectivity index (χ0v) is 18.3. The SMILES string of the molecule is CC(=O)NC1=NN(C(C)=O)[C@@H](c2cccc(OCCOc3ccc(C)c(C)c3)c2)S1. The molecule has 2 aromatic rings. The van der Waals surface area contributed by atoms with Crippen LogP contribution in [0.15, 0.2) is 47.6 Å². The third kappa shape index (κ3) is 5.54. The predicted octanol–water partition coefficient (Wildman–Crippen LogP) is 3.76. The van der Waals surface area contributed by atoms with Crippen molar-refractivity contribution in [2.24, 2.45) is 5.10 Å². The first-order chi connectivity index (χ1) is 14.3. The molecule has 3 rings (SSSR count). The lowest BCUT2D eigenvalue weighted by Gasteiger charge is -2.19. The van der Waals surface area contributed by atoms with Crippen LogP contribution in [0.1, 0.15) is 35.9 Å². The van der Waals surface area contributed by atoms with Crippen molar-refractivity contribution >= 4 is 28.7 Å². The van der Waals surface area contributed by atoms with Crippen LogP contribution < -0.4 is 14.8 Å². The zero-order chi connectivity index (χ0) is 21.7. The van der Waals surface area contributed by atoms with Crippen LogP contribution in [0.2, 0.25) is 0 Å². The summed E-state index contributed by atoms with van der Waals surface area (Å²) >= 11 is 1.31. The highest BCUT2D eigenvalue weighted by atomic mass is 32.2. The van der Waals surface area contributed by atoms with Crippen LogP contribution in [0.5, 0.6) is 11.5 Å². The summed E-state index contributed by atoms with van der Waals surface area (Å²) in [4.78, 5) is 23.3. The molecule has 1 aliphatic rings. The van der Waals surface area contributed by atoms with E-state index in [2.05, 4.69) is 24.3 Å². The Kier molecular flexibility index (Phi) is 6.99. The zero-order valence-electron chi connectivity index (χ0n) is 17.5. The number of nitrogens with zero attached hydrogens (tertiary/aromatic N) is 2. The molecule has 2 amide bonds. The minimum atomic E-state index is -0.361. The third-order valence-electron chi connectivity index (χ3n) is 4.49. The van der Waals surface area contributed by atoms with Gasteiger partial charge in [-0.15, -0.1) is 5.10 Å². The Hall–Kier alpha value is -3.00. The number of carbonyl (C=O) groups excluding carboxylic acids is 2. The minimum absolute atomic E-state index is 0.207. The highest BCUT2D eigenvalue weighted by Gasteiger charge is 2.32. The van der Waals surface area contributed by atoms with Gasteiger partial charge in [0.05, 0.1) is 0 Å². The Morgan fingerprint density at radius 3 is 2.37 bits per heavy atom. The predicted molar refractivity (Wildman–Crippen MR) is 117 cm³/mol. The van der Waals surface area contributed by atoms with Gasteiger partial charge in [0.2, 0.25) is 11.8 Å². The Morgan fingerprint density at radius 1 is 1.03 bits per heavy atom. The molecule has 2 aromatic carbocycles. The molecule has 0 bridgehead atoms. The number of ether oxygens (including phenoxy) is 2. The number of benzene rings is 2. The van der Waals surface area contributed by atoms with E-state index in [9.17, 15) is 9.59 Å². The number of amidine groups is 1. The standard InChI is InChI=1S/C22H25N3O4S/c1-14-8-9-20(12-15(14)2)29-11-10-28-19-7-5-6-18(13-19)21-25(17(4)27)24-22(30-21)23-16(3)26/h5-9,12-13,21H,10-11H2,1-4H3,(H,23,24,26)/t21-/m1/s1. The van der Waals surface area contributed by atoms with Gasteiger partial charge in [-0.2, -0.15) is 0 Å². The van der Waals surface area contributed by atoms with Crippen molar-refractivity contribution in [3.8, 4) is 11.5 Å². The van der Waals surface area contributed by atoms with Crippen molar-refractivity contribution in [2.45, 2.75) is 33.1 Å². The van der Waals surface area contributed by atoms with Gasteiger partial charge in [-0.3, -0.25) is 9.59 Å². The van der Waals surface area contributed by atoms with Crippen LogP contribution in [0.25, 0.3) is 0 Å². The molecule has 1 heterocycles. The number of rotatable bonds is 6. The van der Waals surface area contributed by atoms with Crippen LogP contribution in [0.4, 0.5) is 0 Å². The van der Waals surface area contributed by atoms with E-state index in [0.29, 0.717) is 24.1 Å². The van der Waals surface area contributed by atoms with Gasteiger partial charge in [-0.25, -0.2) is 5.01 Å². The number of thioether (sulfide) groups is 1. The van der Waals surface area contributed by atoms with Crippen LogP contribution in [-0.2, 0) is 9.59 Å². The Balaban J connectivity index is 1.59. The number of amides is 2. The summed E-state index contributed by atoms with van der Waals surface area (Å²) in [6, 6.07) is 13.5. The average molecular weight is 428 g/mol. The summed E-state index contributed by atoms with van der Waals surface area (Å²) < 4.78 is 11.6. The second-order valence-electron chi connectivity index (χ2n) is 6.94. The smallest absolute Gasteiger partial charge is 0.241 e. The third-order valence-corrected chi connectivity index (χ3v) is 5.59. The van der Waals surface area contributed by atoms with E-state index in [0.717, 1.165) is 11.3 Å². The molecule has 8 heteroatoms. The Bertz CT molecular complexity index is 977. The lowest BCUT2D eigenvalue weighted by Crippen LogP contribution is -2.25. The van der Waals surface area contributed by atoms with Crippen molar-refractivity contribution < 1.29 is 19.1 Å². The maximum absolute atomic E-state index is 12.0. The molecule has 0 unspecified atom stereocenters. The van der Waals surface area contributed by atoms with Gasteiger partial charge in [-0.05, 0) is 54.8 Å². The molecule has 0 radical (unpaired) electrons. The van der Waals surface area contributed by atoms with E-state index in [1.807, 2.05) is 42.5 Å². The number of carbonyl (C=O) groups is 2. The second-order valence-corrected chi connectivity index (χ2v) is 8.00. The first kappa shape index (κ1) is 21.7. The first-order valence-corrected chi connectivity index (χ1v) is 10.5. The Morgan fingerprint density at radius 2 is 1.73 bits per heavy atom. The van der Waals surface area contributed by atoms with Gasteiger partial charge in [0.25, 0.3) is 0 Å². The van der Waals surface area contributed by atoms with E-state index in [1.54, 1.807) is 0 Å². The molecule has 1 aliphatic heterocycles. The molecule has 0 aliphatic carbocycles. The molecule has 158 valence electrons. The summed E-state index contributed by atoms with van der Waals surface area (Å²) in [6.45, 7) is 7.77. The van der Waals surface area contributed by atoms with Crippen LogP contribution in [0.3, 0.4) is 0 Å². The highest BCUT2D eigenvalue weighted by Crippen LogP contribution is 2.39. The molecule has 7 nitrogen and oxygen atoms in total. The fraction of sp³-hybridized carbons (Fsp3) is 0.318. The van der Waals surface area contributed by atoms with Crippen molar-refractivity contribution in [1.29, 1.82) is 0 Å². The largest absolute Gasteiger partial charge is 0.490 e. The van der Waals surface area contributed by atoms with E-state index in [4.69, 9.17) is 9.47 Å². The summed E-state index contributed by atoms with van der Waals surface area (Å²) in [5.41, 5.74) is 3.27. The second kappa shape index (κ2) is 9.67. The molecule has 0 spiro atoms. The summed E-state index contributed by atoms with van der Waals surface area (Å²) in [6.07, 6.45) is 0. The molecule has 0 saturated heterocycles. The van der Waals surface area contributed by atoms with Gasteiger partial charge >= 0.3 is 0 Å². The molecule has 1 N–H and O–H groups in total. The van der Waals surface area contributed by atoms with Gasteiger partial charge in [0, 0.05) is 13.8 Å². The van der Waals surface area contributed by atoms with E-state index in [1.165, 1.54) is 41.7 Å². The molecule has 0 aromatic heterocycles. The normalized spacial score (nSPS) is 15.5. The van der Waals surface area contributed by atoms with Crippen molar-refractivity contribution in [2.75, 3.05) is 13.2 Å². The highest BCUT2D eigenvalue weighted by molar-refractivity contribution is 8.14. The Labute approximate surface area is 180 Å². The van der Waals surface area contributed by atoms with Gasteiger partial charge in [-0.1, -0.05) is 30.0 Å². The molecular weight excluding hydrogens is 402 g/mol. The van der Waals surface area contributed by atoms with Gasteiger partial charge in [0.1, 0.15) is 30.1 Å². The summed E-state index contributed by atoms with van der Waals surface area (Å²) in [5, 5.41) is 8.24. The summed E-state index contributed by atoms with van der Waals surface area (Å²) in [7, 11) is 0. The lowest BCUT2D eigenvalue weighted by atomic mass is 10.1. The quantitative estimate of drug-likeness (QED) is 0.710. The number of aryl methyl sites for hydroxylation is 2. The maximum atomic E-state index is 12.0. The first-order valence-electron chi connectivity index (χ1n) is 9.59. The van der Waals surface area contributed by atoms with Gasteiger partial charge < -0.3 is 14.8 Å². The molecule has 30 heavy (non-hydrogen) atoms. The van der Waals surface area contributed by atoms with E-state index < -0.39 is 0 Å². The fourth-order valence-electron chi connectivity index (χ4n) is 2.86. The van der Waals surface area contributed by atoms with Crippen LogP contribution in [-0.4, -0.2) is 35.2 Å². The molecule has 1 atom stereocenters. The summed E-state index contributed by atoms with van der Waals surface area (Å²) in [5.74, 6) is 1.05. The van der Waals surface area contributed by atoms with Crippen molar-refractivity contribution in [3.05, 3.63) is 59.2 Å². The lowest BCUT2D eigenvalue weighted by molar-refractivity contribution is -0.129. The minimum Gasteiger partial charge on any atom is -0.490 e. The number of hydrazone groups is 1. The maximum Gasteiger partial charge on any atom is 0.241 e. The average Bonchev–Trinajstić information content (AvgIpc) is 3.12. The molecule has 0 saturated carbocycles. The van der Waals surface area contributed by atoms with Crippen molar-refractivity contribution in [3.63, 3.8) is 0 Å². The number of hydrogen-bond acceptors (Lipinski definition) is 6. The van der Waals surface area contributed by atoms with Crippen molar-refractivity contribution in [1.82, 2.24) is 10.3 Å². The van der Waals surface area contributed by atoms with Gasteiger partial charge in [0.15, 0.2) is 5.17 Å². The monoisotopic (exact) mass is 427 g/mol. The van der Waals surface area contributed by atoms with Crippen LogP contribution in [0, 0.1) is 13.8 Å². The van der Waals surface area contributed by atoms with E-state index in [-0.39, 0.29) is 17.2 Å². The number of hydrogen-bond donors (Lipinski definition) is 1. The fourth-order valence-corrected chi connectivity index (χ4v) is 3.99. The van der Waals surface area contributed by atoms with E-state index >= 15 is 0 Å². The molecular formula is C22H25N3O4S. The topological polar surface area (TPSA) is 80.2 Å². The van der Waals surface area contributed by atoms with Crippen LogP contribution >= 0.6 is 11.8 Å². The molecule has 0 fully saturated rings. The number of nitrogens with one attached hydrogen (secondary N) is 1.